The fourth-order valence-electron chi connectivity index (χ4n) is 1.93. The zero-order valence-electron chi connectivity index (χ0n) is 10.0. The van der Waals surface area contributed by atoms with Gasteiger partial charge in [-0.05, 0) is 28.4 Å². The van der Waals surface area contributed by atoms with Crippen LogP contribution in [0.15, 0.2) is 34.8 Å². The lowest BCUT2D eigenvalue weighted by molar-refractivity contribution is 0.638. The van der Waals surface area contributed by atoms with Crippen LogP contribution in [-0.2, 0) is 13.5 Å². The molecule has 2 N–H and O–H groups in total. The Labute approximate surface area is 110 Å². The topological polar surface area (TPSA) is 43.8 Å². The van der Waals surface area contributed by atoms with E-state index >= 15 is 0 Å². The number of halogens is 1. The molecule has 0 bridgehead atoms. The maximum absolute atomic E-state index is 6.21. The van der Waals surface area contributed by atoms with Gasteiger partial charge in [0.05, 0.1) is 15.9 Å². The third-order valence-corrected chi connectivity index (χ3v) is 3.93. The molecule has 0 spiro atoms. The van der Waals surface area contributed by atoms with E-state index in [1.54, 1.807) is 0 Å². The van der Waals surface area contributed by atoms with Gasteiger partial charge in [0.25, 0.3) is 0 Å². The van der Waals surface area contributed by atoms with Crippen LogP contribution in [0.4, 0.5) is 0 Å². The summed E-state index contributed by atoms with van der Waals surface area (Å²) in [4.78, 5) is 0. The maximum atomic E-state index is 6.21. The molecule has 1 atom stereocenters. The van der Waals surface area contributed by atoms with Crippen LogP contribution in [0.5, 0.6) is 0 Å². The molecule has 17 heavy (non-hydrogen) atoms. The molecule has 2 rings (SSSR count). The van der Waals surface area contributed by atoms with Crippen LogP contribution in [0.2, 0.25) is 0 Å². The van der Waals surface area contributed by atoms with Gasteiger partial charge < -0.3 is 5.73 Å². The minimum Gasteiger partial charge on any atom is -0.324 e. The van der Waals surface area contributed by atoms with Crippen molar-refractivity contribution < 1.29 is 0 Å². The van der Waals surface area contributed by atoms with Crippen molar-refractivity contribution in [2.75, 3.05) is 0 Å². The highest BCUT2D eigenvalue weighted by Crippen LogP contribution is 2.24. The SMILES string of the molecule is Cc1nn(C)c(CC(N)c2ccccc2)c1Br. The van der Waals surface area contributed by atoms with Crippen LogP contribution in [-0.4, -0.2) is 9.78 Å². The highest BCUT2D eigenvalue weighted by molar-refractivity contribution is 9.10. The average molecular weight is 294 g/mol. The number of nitrogens with two attached hydrogens (primary N) is 1. The van der Waals surface area contributed by atoms with E-state index in [2.05, 4.69) is 33.2 Å². The summed E-state index contributed by atoms with van der Waals surface area (Å²) in [6.45, 7) is 1.99. The van der Waals surface area contributed by atoms with Gasteiger partial charge in [0, 0.05) is 19.5 Å². The van der Waals surface area contributed by atoms with Gasteiger partial charge in [-0.2, -0.15) is 5.10 Å². The summed E-state index contributed by atoms with van der Waals surface area (Å²) in [5.41, 5.74) is 9.50. The largest absolute Gasteiger partial charge is 0.324 e. The first kappa shape index (κ1) is 12.3. The van der Waals surface area contributed by atoms with Gasteiger partial charge in [-0.25, -0.2) is 0 Å². The molecule has 0 saturated heterocycles. The van der Waals surface area contributed by atoms with Crippen LogP contribution in [0.1, 0.15) is 23.0 Å². The van der Waals surface area contributed by atoms with Crippen molar-refractivity contribution in [1.29, 1.82) is 0 Å². The molecule has 0 aliphatic carbocycles. The first-order valence-corrected chi connectivity index (χ1v) is 6.37. The Balaban J connectivity index is 2.22. The minimum absolute atomic E-state index is 0.00213. The smallest absolute Gasteiger partial charge is 0.0738 e. The summed E-state index contributed by atoms with van der Waals surface area (Å²) in [5.74, 6) is 0. The molecule has 3 nitrogen and oxygen atoms in total. The van der Waals surface area contributed by atoms with E-state index in [1.165, 1.54) is 0 Å². The first-order chi connectivity index (χ1) is 8.09. The van der Waals surface area contributed by atoms with Crippen LogP contribution in [0.25, 0.3) is 0 Å². The predicted molar refractivity (Wildman–Crippen MR) is 72.7 cm³/mol. The van der Waals surface area contributed by atoms with E-state index < -0.39 is 0 Å². The Bertz CT molecular complexity index is 505. The molecule has 90 valence electrons. The predicted octanol–water partition coefficient (Wildman–Crippen LogP) is 2.73. The molecule has 4 heteroatoms. The zero-order chi connectivity index (χ0) is 12.4. The second kappa shape index (κ2) is 5.02. The molecule has 1 heterocycles. The molecule has 0 aliphatic rings. The van der Waals surface area contributed by atoms with Crippen molar-refractivity contribution in [3.05, 3.63) is 51.8 Å². The monoisotopic (exact) mass is 293 g/mol. The number of hydrogen-bond acceptors (Lipinski definition) is 2. The Hall–Kier alpha value is -1.13. The van der Waals surface area contributed by atoms with Gasteiger partial charge >= 0.3 is 0 Å². The summed E-state index contributed by atoms with van der Waals surface area (Å²) in [6.07, 6.45) is 0.780. The van der Waals surface area contributed by atoms with Gasteiger partial charge in [-0.15, -0.1) is 0 Å². The second-order valence-electron chi connectivity index (χ2n) is 4.19. The lowest BCUT2D eigenvalue weighted by atomic mass is 10.0. The van der Waals surface area contributed by atoms with Gasteiger partial charge in [-0.1, -0.05) is 30.3 Å². The Morgan fingerprint density at radius 3 is 2.53 bits per heavy atom. The van der Waals surface area contributed by atoms with Crippen molar-refractivity contribution in [3.63, 3.8) is 0 Å². The summed E-state index contributed by atoms with van der Waals surface area (Å²) in [7, 11) is 1.95. The normalized spacial score (nSPS) is 12.7. The second-order valence-corrected chi connectivity index (χ2v) is 4.98. The molecule has 0 radical (unpaired) electrons. The van der Waals surface area contributed by atoms with Crippen molar-refractivity contribution in [1.82, 2.24) is 9.78 Å². The Kier molecular flexibility index (Phi) is 3.64. The minimum atomic E-state index is 0.00213. The molecular formula is C13H16BrN3. The third-order valence-electron chi connectivity index (χ3n) is 2.90. The third kappa shape index (κ3) is 2.58. The number of benzene rings is 1. The van der Waals surface area contributed by atoms with E-state index in [1.807, 2.05) is 36.9 Å². The van der Waals surface area contributed by atoms with Gasteiger partial charge in [0.2, 0.25) is 0 Å². The fraction of sp³-hybridized carbons (Fsp3) is 0.308. The molecule has 1 unspecified atom stereocenters. The van der Waals surface area contributed by atoms with E-state index in [0.717, 1.165) is 27.8 Å². The number of hydrogen-bond donors (Lipinski definition) is 1. The maximum Gasteiger partial charge on any atom is 0.0738 e. The number of nitrogens with zero attached hydrogens (tertiary/aromatic N) is 2. The van der Waals surface area contributed by atoms with Gasteiger partial charge in [-0.3, -0.25) is 4.68 Å². The summed E-state index contributed by atoms with van der Waals surface area (Å²) >= 11 is 3.56. The fourth-order valence-corrected chi connectivity index (χ4v) is 2.43. The standard InChI is InChI=1S/C13H16BrN3/c1-9-13(14)12(17(2)16-9)8-11(15)10-6-4-3-5-7-10/h3-7,11H,8,15H2,1-2H3. The van der Waals surface area contributed by atoms with Gasteiger partial charge in [0.15, 0.2) is 0 Å². The summed E-state index contributed by atoms with van der Waals surface area (Å²) in [5, 5.41) is 4.37. The van der Waals surface area contributed by atoms with Crippen molar-refractivity contribution in [2.45, 2.75) is 19.4 Å². The van der Waals surface area contributed by atoms with Crippen LogP contribution >= 0.6 is 15.9 Å². The Morgan fingerprint density at radius 1 is 1.35 bits per heavy atom. The van der Waals surface area contributed by atoms with E-state index in [-0.39, 0.29) is 6.04 Å². The zero-order valence-corrected chi connectivity index (χ0v) is 11.6. The number of aromatic nitrogens is 2. The van der Waals surface area contributed by atoms with E-state index in [9.17, 15) is 0 Å². The van der Waals surface area contributed by atoms with Crippen LogP contribution in [0.3, 0.4) is 0 Å². The summed E-state index contributed by atoms with van der Waals surface area (Å²) in [6, 6.07) is 10.1. The van der Waals surface area contributed by atoms with Crippen LogP contribution in [0, 0.1) is 6.92 Å². The lowest BCUT2D eigenvalue weighted by Gasteiger charge is -2.12. The molecule has 1 aromatic carbocycles. The van der Waals surface area contributed by atoms with Gasteiger partial charge in [0.1, 0.15) is 0 Å². The first-order valence-electron chi connectivity index (χ1n) is 5.58. The number of rotatable bonds is 3. The molecule has 0 aliphatic heterocycles. The van der Waals surface area contributed by atoms with E-state index in [0.29, 0.717) is 0 Å². The average Bonchev–Trinajstić information content (AvgIpc) is 2.57. The highest BCUT2D eigenvalue weighted by atomic mass is 79.9. The molecule has 0 amide bonds. The Morgan fingerprint density at radius 2 is 2.00 bits per heavy atom. The number of aryl methyl sites for hydroxylation is 2. The van der Waals surface area contributed by atoms with Crippen molar-refractivity contribution in [2.24, 2.45) is 12.8 Å². The van der Waals surface area contributed by atoms with Crippen LogP contribution < -0.4 is 5.73 Å². The van der Waals surface area contributed by atoms with E-state index in [4.69, 9.17) is 5.73 Å². The molecule has 1 aromatic heterocycles. The molecule has 2 aromatic rings. The molecule has 0 fully saturated rings. The van der Waals surface area contributed by atoms with Crippen molar-refractivity contribution in [3.8, 4) is 0 Å². The molecule has 0 saturated carbocycles. The van der Waals surface area contributed by atoms with Crippen molar-refractivity contribution >= 4 is 15.9 Å². The lowest BCUT2D eigenvalue weighted by Crippen LogP contribution is -2.15. The quantitative estimate of drug-likeness (QED) is 0.946. The molecular weight excluding hydrogens is 278 g/mol. The highest BCUT2D eigenvalue weighted by Gasteiger charge is 2.15. The summed E-state index contributed by atoms with van der Waals surface area (Å²) < 4.78 is 2.95.